The molecule has 0 saturated heterocycles. The van der Waals surface area contributed by atoms with Gasteiger partial charge in [0.2, 0.25) is 0 Å². The van der Waals surface area contributed by atoms with E-state index in [1.54, 1.807) is 12.1 Å². The third-order valence-corrected chi connectivity index (χ3v) is 4.43. The Bertz CT molecular complexity index is 520. The van der Waals surface area contributed by atoms with Crippen LogP contribution in [0.2, 0.25) is 0 Å². The first kappa shape index (κ1) is 19.3. The number of methoxy groups -OCH3 is 1. The molecule has 1 rings (SSSR count). The highest BCUT2D eigenvalue weighted by atomic mass is 16.5. The summed E-state index contributed by atoms with van der Waals surface area (Å²) in [6.45, 7) is 6.22. The number of unbranched alkanes of at least 4 members (excludes halogenated alkanes) is 2. The molecule has 1 aromatic rings. The molecular formula is C19H30O4. The number of phenolic OH excluding ortho intramolecular Hbond substituents is 2. The van der Waals surface area contributed by atoms with Gasteiger partial charge in [-0.05, 0) is 37.2 Å². The van der Waals surface area contributed by atoms with Crippen LogP contribution in [0.5, 0.6) is 11.5 Å². The second-order valence-corrected chi connectivity index (χ2v) is 6.73. The molecule has 0 saturated carbocycles. The van der Waals surface area contributed by atoms with Gasteiger partial charge in [0.1, 0.15) is 11.5 Å². The molecule has 0 aliphatic carbocycles. The van der Waals surface area contributed by atoms with E-state index < -0.39 is 0 Å². The molecule has 1 aromatic carbocycles. The molecule has 0 aliphatic heterocycles. The predicted molar refractivity (Wildman–Crippen MR) is 91.9 cm³/mol. The number of benzene rings is 1. The van der Waals surface area contributed by atoms with E-state index in [-0.39, 0.29) is 22.9 Å². The van der Waals surface area contributed by atoms with Crippen molar-refractivity contribution in [3.63, 3.8) is 0 Å². The smallest absolute Gasteiger partial charge is 0.305 e. The molecule has 23 heavy (non-hydrogen) atoms. The van der Waals surface area contributed by atoms with Crippen molar-refractivity contribution in [3.8, 4) is 11.5 Å². The Hall–Kier alpha value is -1.71. The highest BCUT2D eigenvalue weighted by Crippen LogP contribution is 2.40. The van der Waals surface area contributed by atoms with Crippen LogP contribution in [0.25, 0.3) is 0 Å². The van der Waals surface area contributed by atoms with E-state index in [0.717, 1.165) is 31.2 Å². The maximum Gasteiger partial charge on any atom is 0.305 e. The van der Waals surface area contributed by atoms with Crippen LogP contribution in [0.4, 0.5) is 0 Å². The zero-order valence-electron chi connectivity index (χ0n) is 14.8. The number of esters is 1. The molecule has 0 heterocycles. The number of carbonyl (C=O) groups excluding carboxylic acids is 1. The lowest BCUT2D eigenvalue weighted by molar-refractivity contribution is -0.140. The largest absolute Gasteiger partial charge is 0.508 e. The standard InChI is InChI=1S/C19H30O4/c1-5-6-7-9-14-16(20)12-11-15(18(14)22)19(2,3)13-8-10-17(21)23-4/h11-12,20,22H,5-10,13H2,1-4H3. The summed E-state index contributed by atoms with van der Waals surface area (Å²) in [6, 6.07) is 3.45. The lowest BCUT2D eigenvalue weighted by atomic mass is 9.78. The Morgan fingerprint density at radius 3 is 2.48 bits per heavy atom. The topological polar surface area (TPSA) is 66.8 Å². The van der Waals surface area contributed by atoms with E-state index in [4.69, 9.17) is 0 Å². The Labute approximate surface area is 139 Å². The number of hydrogen-bond donors (Lipinski definition) is 2. The molecule has 0 unspecified atom stereocenters. The number of ether oxygens (including phenoxy) is 1. The van der Waals surface area contributed by atoms with Gasteiger partial charge in [-0.1, -0.05) is 39.7 Å². The van der Waals surface area contributed by atoms with Crippen LogP contribution < -0.4 is 0 Å². The molecule has 2 N–H and O–H groups in total. The Balaban J connectivity index is 2.88. The minimum absolute atomic E-state index is 0.160. The molecule has 0 bridgehead atoms. The Morgan fingerprint density at radius 1 is 1.17 bits per heavy atom. The van der Waals surface area contributed by atoms with Gasteiger partial charge in [0.25, 0.3) is 0 Å². The van der Waals surface area contributed by atoms with Crippen molar-refractivity contribution in [2.75, 3.05) is 7.11 Å². The number of aromatic hydroxyl groups is 2. The maximum atomic E-state index is 11.2. The average molecular weight is 322 g/mol. The molecule has 130 valence electrons. The highest BCUT2D eigenvalue weighted by Gasteiger charge is 2.26. The fourth-order valence-electron chi connectivity index (χ4n) is 2.88. The number of phenols is 2. The van der Waals surface area contributed by atoms with Gasteiger partial charge in [0.05, 0.1) is 7.11 Å². The Kier molecular flexibility index (Phi) is 7.40. The van der Waals surface area contributed by atoms with E-state index in [0.29, 0.717) is 24.8 Å². The first-order chi connectivity index (χ1) is 10.8. The van der Waals surface area contributed by atoms with Gasteiger partial charge in [0, 0.05) is 17.5 Å². The van der Waals surface area contributed by atoms with Gasteiger partial charge >= 0.3 is 5.97 Å². The van der Waals surface area contributed by atoms with E-state index in [2.05, 4.69) is 11.7 Å². The molecule has 0 aromatic heterocycles. The summed E-state index contributed by atoms with van der Waals surface area (Å²) in [4.78, 5) is 11.2. The third kappa shape index (κ3) is 5.45. The van der Waals surface area contributed by atoms with Crippen molar-refractivity contribution in [3.05, 3.63) is 23.3 Å². The number of carbonyl (C=O) groups is 1. The molecule has 0 atom stereocenters. The van der Waals surface area contributed by atoms with Crippen LogP contribution in [-0.2, 0) is 21.4 Å². The van der Waals surface area contributed by atoms with Crippen LogP contribution in [0.3, 0.4) is 0 Å². The zero-order valence-corrected chi connectivity index (χ0v) is 14.8. The van der Waals surface area contributed by atoms with E-state index in [9.17, 15) is 15.0 Å². The predicted octanol–water partition coefficient (Wildman–Crippen LogP) is 4.45. The van der Waals surface area contributed by atoms with Crippen molar-refractivity contribution in [2.45, 2.75) is 71.1 Å². The second-order valence-electron chi connectivity index (χ2n) is 6.73. The summed E-state index contributed by atoms with van der Waals surface area (Å²) >= 11 is 0. The lowest BCUT2D eigenvalue weighted by Gasteiger charge is -2.27. The van der Waals surface area contributed by atoms with Gasteiger partial charge in [-0.15, -0.1) is 0 Å². The summed E-state index contributed by atoms with van der Waals surface area (Å²) in [5.74, 6) is 0.146. The maximum absolute atomic E-state index is 11.2. The summed E-state index contributed by atoms with van der Waals surface area (Å²) in [5, 5.41) is 20.6. The number of rotatable bonds is 9. The molecule has 0 spiro atoms. The van der Waals surface area contributed by atoms with Crippen LogP contribution in [0.15, 0.2) is 12.1 Å². The van der Waals surface area contributed by atoms with E-state index >= 15 is 0 Å². The summed E-state index contributed by atoms with van der Waals surface area (Å²) in [5.41, 5.74) is 1.19. The van der Waals surface area contributed by atoms with E-state index in [1.807, 2.05) is 13.8 Å². The van der Waals surface area contributed by atoms with Crippen LogP contribution in [0.1, 0.15) is 70.4 Å². The quantitative estimate of drug-likeness (QED) is 0.520. The fraction of sp³-hybridized carbons (Fsp3) is 0.632. The summed E-state index contributed by atoms with van der Waals surface area (Å²) in [7, 11) is 1.39. The van der Waals surface area contributed by atoms with Gasteiger partial charge < -0.3 is 14.9 Å². The van der Waals surface area contributed by atoms with Gasteiger partial charge in [-0.3, -0.25) is 4.79 Å². The van der Waals surface area contributed by atoms with Crippen molar-refractivity contribution in [1.82, 2.24) is 0 Å². The third-order valence-electron chi connectivity index (χ3n) is 4.43. The SMILES string of the molecule is CCCCCc1c(O)ccc(C(C)(C)CCCC(=O)OC)c1O. The summed E-state index contributed by atoms with van der Waals surface area (Å²) in [6.07, 6.45) is 5.63. The molecular weight excluding hydrogens is 292 g/mol. The first-order valence-electron chi connectivity index (χ1n) is 8.44. The fourth-order valence-corrected chi connectivity index (χ4v) is 2.88. The van der Waals surface area contributed by atoms with Crippen molar-refractivity contribution in [1.29, 1.82) is 0 Å². The molecule has 4 heteroatoms. The van der Waals surface area contributed by atoms with E-state index in [1.165, 1.54) is 7.11 Å². The molecule has 0 fully saturated rings. The van der Waals surface area contributed by atoms with Crippen molar-refractivity contribution < 1.29 is 19.7 Å². The summed E-state index contributed by atoms with van der Waals surface area (Å²) < 4.78 is 4.66. The minimum atomic E-state index is -0.273. The first-order valence-corrected chi connectivity index (χ1v) is 8.44. The number of hydrogen-bond acceptors (Lipinski definition) is 4. The molecule has 0 amide bonds. The lowest BCUT2D eigenvalue weighted by Crippen LogP contribution is -2.18. The average Bonchev–Trinajstić information content (AvgIpc) is 2.49. The van der Waals surface area contributed by atoms with Crippen molar-refractivity contribution >= 4 is 5.97 Å². The normalized spacial score (nSPS) is 11.5. The van der Waals surface area contributed by atoms with Crippen LogP contribution >= 0.6 is 0 Å². The monoisotopic (exact) mass is 322 g/mol. The van der Waals surface area contributed by atoms with Gasteiger partial charge in [-0.2, -0.15) is 0 Å². The minimum Gasteiger partial charge on any atom is -0.508 e. The Morgan fingerprint density at radius 2 is 1.87 bits per heavy atom. The molecule has 4 nitrogen and oxygen atoms in total. The van der Waals surface area contributed by atoms with Crippen LogP contribution in [0, 0.1) is 0 Å². The highest BCUT2D eigenvalue weighted by molar-refractivity contribution is 5.69. The van der Waals surface area contributed by atoms with Gasteiger partial charge in [-0.25, -0.2) is 0 Å². The molecule has 0 radical (unpaired) electrons. The second kappa shape index (κ2) is 8.80. The van der Waals surface area contributed by atoms with Gasteiger partial charge in [0.15, 0.2) is 0 Å². The van der Waals surface area contributed by atoms with Crippen molar-refractivity contribution in [2.24, 2.45) is 0 Å². The zero-order chi connectivity index (χ0) is 17.5. The molecule has 0 aliphatic rings. The van der Waals surface area contributed by atoms with Crippen LogP contribution in [-0.4, -0.2) is 23.3 Å².